The zero-order valence-electron chi connectivity index (χ0n) is 11.4. The van der Waals surface area contributed by atoms with Gasteiger partial charge in [0.2, 0.25) is 5.91 Å². The number of hydrogen-bond acceptors (Lipinski definition) is 2. The predicted molar refractivity (Wildman–Crippen MR) is 74.7 cm³/mol. The smallest absolute Gasteiger partial charge is 0.227 e. The maximum atomic E-state index is 12.2. The van der Waals surface area contributed by atoms with Crippen LogP contribution in [0, 0.1) is 19.8 Å². The lowest BCUT2D eigenvalue weighted by Crippen LogP contribution is -2.40. The number of amides is 1. The van der Waals surface area contributed by atoms with E-state index < -0.39 is 0 Å². The first-order valence-corrected chi connectivity index (χ1v) is 6.68. The third kappa shape index (κ3) is 2.91. The summed E-state index contributed by atoms with van der Waals surface area (Å²) in [5.74, 6) is 0.304. The summed E-state index contributed by atoms with van der Waals surface area (Å²) in [5.41, 5.74) is 3.32. The normalized spacial score (nSPS) is 23.7. The number of benzene rings is 1. The minimum Gasteiger partial charge on any atom is -0.326 e. The zero-order valence-corrected chi connectivity index (χ0v) is 11.4. The van der Waals surface area contributed by atoms with E-state index in [0.29, 0.717) is 6.04 Å². The van der Waals surface area contributed by atoms with Crippen molar-refractivity contribution >= 4 is 11.6 Å². The van der Waals surface area contributed by atoms with E-state index in [0.717, 1.165) is 30.6 Å². The first kappa shape index (κ1) is 13.1. The van der Waals surface area contributed by atoms with Crippen molar-refractivity contribution in [1.29, 1.82) is 0 Å². The Kier molecular flexibility index (Phi) is 4.02. The standard InChI is InChI=1S/C15H22N2O/c1-10-5-4-6-14(12(10)3)17-15(18)13-7-8-16-11(2)9-13/h4-6,11,13,16H,7-9H2,1-3H3,(H,17,18)/t11-,13-/m0/s1. The van der Waals surface area contributed by atoms with Gasteiger partial charge >= 0.3 is 0 Å². The predicted octanol–water partition coefficient (Wildman–Crippen LogP) is 2.63. The van der Waals surface area contributed by atoms with Gasteiger partial charge in [-0.25, -0.2) is 0 Å². The van der Waals surface area contributed by atoms with Crippen molar-refractivity contribution in [1.82, 2.24) is 5.32 Å². The van der Waals surface area contributed by atoms with Crippen molar-refractivity contribution < 1.29 is 4.79 Å². The molecular formula is C15H22N2O. The molecule has 1 saturated heterocycles. The van der Waals surface area contributed by atoms with Gasteiger partial charge in [0, 0.05) is 17.6 Å². The second-order valence-corrected chi connectivity index (χ2v) is 5.31. The van der Waals surface area contributed by atoms with Crippen LogP contribution in [0.4, 0.5) is 5.69 Å². The first-order chi connectivity index (χ1) is 8.58. The molecule has 0 radical (unpaired) electrons. The summed E-state index contributed by atoms with van der Waals surface area (Å²) < 4.78 is 0. The Morgan fingerprint density at radius 2 is 2.17 bits per heavy atom. The molecule has 1 fully saturated rings. The van der Waals surface area contributed by atoms with Crippen molar-refractivity contribution in [3.63, 3.8) is 0 Å². The number of piperidine rings is 1. The average Bonchev–Trinajstić information content (AvgIpc) is 2.35. The lowest BCUT2D eigenvalue weighted by molar-refractivity contribution is -0.120. The van der Waals surface area contributed by atoms with Gasteiger partial charge in [0.1, 0.15) is 0 Å². The third-order valence-corrected chi connectivity index (χ3v) is 3.86. The van der Waals surface area contributed by atoms with Gasteiger partial charge in [0.15, 0.2) is 0 Å². The van der Waals surface area contributed by atoms with Gasteiger partial charge in [-0.1, -0.05) is 12.1 Å². The summed E-state index contributed by atoms with van der Waals surface area (Å²) in [7, 11) is 0. The first-order valence-electron chi connectivity index (χ1n) is 6.68. The zero-order chi connectivity index (χ0) is 13.1. The molecule has 1 aliphatic heterocycles. The fraction of sp³-hybridized carbons (Fsp3) is 0.533. The van der Waals surface area contributed by atoms with Gasteiger partial charge in [-0.15, -0.1) is 0 Å². The average molecular weight is 246 g/mol. The third-order valence-electron chi connectivity index (χ3n) is 3.86. The van der Waals surface area contributed by atoms with Crippen LogP contribution in [0.15, 0.2) is 18.2 Å². The highest BCUT2D eigenvalue weighted by Gasteiger charge is 2.24. The van der Waals surface area contributed by atoms with Gasteiger partial charge in [0.25, 0.3) is 0 Å². The van der Waals surface area contributed by atoms with Crippen LogP contribution in [0.1, 0.15) is 30.9 Å². The molecule has 0 unspecified atom stereocenters. The SMILES string of the molecule is Cc1cccc(NC(=O)[C@H]2CCN[C@@H](C)C2)c1C. The Hall–Kier alpha value is -1.35. The molecule has 0 saturated carbocycles. The minimum absolute atomic E-state index is 0.140. The molecule has 1 heterocycles. The van der Waals surface area contributed by atoms with Crippen molar-refractivity contribution in [2.24, 2.45) is 5.92 Å². The summed E-state index contributed by atoms with van der Waals surface area (Å²) in [6, 6.07) is 6.47. The van der Waals surface area contributed by atoms with Crippen LogP contribution in [0.25, 0.3) is 0 Å². The van der Waals surface area contributed by atoms with Crippen LogP contribution in [-0.4, -0.2) is 18.5 Å². The van der Waals surface area contributed by atoms with E-state index in [1.807, 2.05) is 12.1 Å². The van der Waals surface area contributed by atoms with Crippen molar-refractivity contribution in [3.8, 4) is 0 Å². The lowest BCUT2D eigenvalue weighted by atomic mass is 9.92. The van der Waals surface area contributed by atoms with E-state index in [4.69, 9.17) is 0 Å². The van der Waals surface area contributed by atoms with Crippen molar-refractivity contribution in [2.75, 3.05) is 11.9 Å². The summed E-state index contributed by atoms with van der Waals surface area (Å²) in [6.45, 7) is 7.19. The van der Waals surface area contributed by atoms with Crippen LogP contribution in [0.2, 0.25) is 0 Å². The van der Waals surface area contributed by atoms with Gasteiger partial charge in [0.05, 0.1) is 0 Å². The van der Waals surface area contributed by atoms with Crippen molar-refractivity contribution in [3.05, 3.63) is 29.3 Å². The molecule has 0 aliphatic carbocycles. The van der Waals surface area contributed by atoms with Crippen LogP contribution in [0.3, 0.4) is 0 Å². The number of rotatable bonds is 2. The Balaban J connectivity index is 2.04. The Morgan fingerprint density at radius 3 is 2.89 bits per heavy atom. The van der Waals surface area contributed by atoms with E-state index in [2.05, 4.69) is 37.5 Å². The monoisotopic (exact) mass is 246 g/mol. The fourth-order valence-corrected chi connectivity index (χ4v) is 2.49. The molecule has 2 N–H and O–H groups in total. The maximum Gasteiger partial charge on any atom is 0.227 e. The van der Waals surface area contributed by atoms with Crippen LogP contribution in [0.5, 0.6) is 0 Å². The minimum atomic E-state index is 0.140. The number of anilines is 1. The molecule has 1 aromatic rings. The summed E-state index contributed by atoms with van der Waals surface area (Å²) >= 11 is 0. The molecule has 0 bridgehead atoms. The molecule has 1 aromatic carbocycles. The number of nitrogens with one attached hydrogen (secondary N) is 2. The fourth-order valence-electron chi connectivity index (χ4n) is 2.49. The highest BCUT2D eigenvalue weighted by molar-refractivity contribution is 5.93. The van der Waals surface area contributed by atoms with E-state index in [9.17, 15) is 4.79 Å². The molecule has 1 aliphatic rings. The molecule has 3 heteroatoms. The van der Waals surface area contributed by atoms with Crippen LogP contribution in [-0.2, 0) is 4.79 Å². The lowest BCUT2D eigenvalue weighted by Gasteiger charge is -2.27. The summed E-state index contributed by atoms with van der Waals surface area (Å²) in [5, 5.41) is 6.45. The molecule has 98 valence electrons. The Bertz CT molecular complexity index is 442. The largest absolute Gasteiger partial charge is 0.326 e. The summed E-state index contributed by atoms with van der Waals surface area (Å²) in [6.07, 6.45) is 1.86. The molecule has 0 spiro atoms. The van der Waals surface area contributed by atoms with E-state index in [1.165, 1.54) is 5.56 Å². The van der Waals surface area contributed by atoms with Crippen molar-refractivity contribution in [2.45, 2.75) is 39.7 Å². The molecule has 18 heavy (non-hydrogen) atoms. The number of aryl methyl sites for hydroxylation is 1. The quantitative estimate of drug-likeness (QED) is 0.842. The topological polar surface area (TPSA) is 41.1 Å². The second kappa shape index (κ2) is 5.53. The van der Waals surface area contributed by atoms with Gasteiger partial charge in [-0.2, -0.15) is 0 Å². The molecule has 0 aromatic heterocycles. The van der Waals surface area contributed by atoms with Gasteiger partial charge in [-0.3, -0.25) is 4.79 Å². The molecule has 3 nitrogen and oxygen atoms in total. The van der Waals surface area contributed by atoms with E-state index in [-0.39, 0.29) is 11.8 Å². The molecular weight excluding hydrogens is 224 g/mol. The van der Waals surface area contributed by atoms with Crippen LogP contribution < -0.4 is 10.6 Å². The molecule has 2 rings (SSSR count). The highest BCUT2D eigenvalue weighted by Crippen LogP contribution is 2.22. The van der Waals surface area contributed by atoms with E-state index in [1.54, 1.807) is 0 Å². The van der Waals surface area contributed by atoms with E-state index >= 15 is 0 Å². The Morgan fingerprint density at radius 1 is 1.39 bits per heavy atom. The second-order valence-electron chi connectivity index (χ2n) is 5.31. The molecule has 2 atom stereocenters. The summed E-state index contributed by atoms with van der Waals surface area (Å²) in [4.78, 5) is 12.2. The number of carbonyl (C=O) groups is 1. The Labute approximate surface area is 109 Å². The van der Waals surface area contributed by atoms with Crippen LogP contribution >= 0.6 is 0 Å². The van der Waals surface area contributed by atoms with Gasteiger partial charge < -0.3 is 10.6 Å². The maximum absolute atomic E-state index is 12.2. The number of hydrogen-bond donors (Lipinski definition) is 2. The number of carbonyl (C=O) groups excluding carboxylic acids is 1. The van der Waals surface area contributed by atoms with Gasteiger partial charge in [-0.05, 0) is 57.4 Å². The highest BCUT2D eigenvalue weighted by atomic mass is 16.1. The molecule has 1 amide bonds.